The fraction of sp³-hybridized carbons (Fsp3) is 0.250. The molecule has 0 bridgehead atoms. The predicted molar refractivity (Wildman–Crippen MR) is 107 cm³/mol. The molecule has 0 atom stereocenters. The molecule has 0 spiro atoms. The highest BCUT2D eigenvalue weighted by Gasteiger charge is 2.20. The molecule has 0 amide bonds. The molecule has 4 aromatic rings. The molecule has 8 heteroatoms. The predicted octanol–water partition coefficient (Wildman–Crippen LogP) is 2.83. The topological polar surface area (TPSA) is 102 Å². The third-order valence-electron chi connectivity index (χ3n) is 4.66. The minimum Gasteiger partial charge on any atom is -0.395 e. The summed E-state index contributed by atoms with van der Waals surface area (Å²) in [5.41, 5.74) is 4.02. The van der Waals surface area contributed by atoms with Gasteiger partial charge in [0.25, 0.3) is 0 Å². The Labute approximate surface area is 162 Å². The summed E-state index contributed by atoms with van der Waals surface area (Å²) < 4.78 is 1.75. The smallest absolute Gasteiger partial charge is 0.154 e. The maximum atomic E-state index is 9.57. The van der Waals surface area contributed by atoms with Crippen molar-refractivity contribution in [2.45, 2.75) is 19.3 Å². The van der Waals surface area contributed by atoms with Gasteiger partial charge in [-0.3, -0.25) is 9.67 Å². The lowest BCUT2D eigenvalue weighted by Gasteiger charge is -2.21. The molecule has 0 aromatic carbocycles. The second kappa shape index (κ2) is 6.97. The van der Waals surface area contributed by atoms with Crippen LogP contribution in [0.5, 0.6) is 0 Å². The first-order chi connectivity index (χ1) is 13.4. The Bertz CT molecular complexity index is 1140. The van der Waals surface area contributed by atoms with Gasteiger partial charge in [0.05, 0.1) is 30.0 Å². The fourth-order valence-electron chi connectivity index (χ4n) is 2.82. The molecule has 0 aliphatic rings. The van der Waals surface area contributed by atoms with E-state index in [2.05, 4.69) is 30.6 Å². The highest BCUT2D eigenvalue weighted by atomic mass is 16.3. The molecular formula is C20H21N7O. The molecule has 0 unspecified atom stereocenters. The van der Waals surface area contributed by atoms with E-state index in [0.29, 0.717) is 11.6 Å². The Morgan fingerprint density at radius 2 is 1.89 bits per heavy atom. The summed E-state index contributed by atoms with van der Waals surface area (Å²) in [6.45, 7) is 3.93. The van der Waals surface area contributed by atoms with Crippen LogP contribution in [0.15, 0.2) is 49.1 Å². The van der Waals surface area contributed by atoms with Crippen LogP contribution in [0.4, 0.5) is 11.6 Å². The fourth-order valence-corrected chi connectivity index (χ4v) is 2.82. The SMILES string of the molecule is Cn1cc(-c2cnc3ccc(Nc4cc(C(C)(C)CO)cnn4)nc3c2)cn1. The second-order valence-corrected chi connectivity index (χ2v) is 7.36. The van der Waals surface area contributed by atoms with Crippen LogP contribution in [0.1, 0.15) is 19.4 Å². The molecule has 0 saturated carbocycles. The number of hydrogen-bond donors (Lipinski definition) is 2. The Kier molecular flexibility index (Phi) is 4.48. The zero-order chi connectivity index (χ0) is 19.7. The van der Waals surface area contributed by atoms with Crippen LogP contribution in [0.3, 0.4) is 0 Å². The van der Waals surface area contributed by atoms with Gasteiger partial charge in [0.1, 0.15) is 5.82 Å². The zero-order valence-corrected chi connectivity index (χ0v) is 16.0. The third kappa shape index (κ3) is 3.54. The monoisotopic (exact) mass is 375 g/mol. The average molecular weight is 375 g/mol. The highest BCUT2D eigenvalue weighted by molar-refractivity contribution is 5.81. The van der Waals surface area contributed by atoms with Crippen LogP contribution in [0.2, 0.25) is 0 Å². The van der Waals surface area contributed by atoms with Crippen LogP contribution in [-0.2, 0) is 12.5 Å². The number of aliphatic hydroxyl groups excluding tert-OH is 1. The standard InChI is InChI=1S/C20H21N7O/c1-20(2,12-28)15-7-19(26-22-10-15)25-18-5-4-16-17(24-18)6-13(8-21-16)14-9-23-27(3)11-14/h4-11,28H,12H2,1-3H3,(H,24,25,26). The summed E-state index contributed by atoms with van der Waals surface area (Å²) in [6.07, 6.45) is 7.23. The van der Waals surface area contributed by atoms with Crippen LogP contribution in [0.25, 0.3) is 22.2 Å². The van der Waals surface area contributed by atoms with Crippen LogP contribution in [0, 0.1) is 0 Å². The Balaban J connectivity index is 1.65. The van der Waals surface area contributed by atoms with Gasteiger partial charge in [0.15, 0.2) is 5.82 Å². The van der Waals surface area contributed by atoms with E-state index in [1.54, 1.807) is 17.1 Å². The molecule has 0 radical (unpaired) electrons. The van der Waals surface area contributed by atoms with Gasteiger partial charge in [0.2, 0.25) is 0 Å². The maximum absolute atomic E-state index is 9.57. The second-order valence-electron chi connectivity index (χ2n) is 7.36. The molecule has 0 aliphatic heterocycles. The van der Waals surface area contributed by atoms with Gasteiger partial charge in [-0.25, -0.2) is 4.98 Å². The molecule has 142 valence electrons. The van der Waals surface area contributed by atoms with Gasteiger partial charge in [-0.2, -0.15) is 10.2 Å². The summed E-state index contributed by atoms with van der Waals surface area (Å²) in [5, 5.41) is 25.1. The first-order valence-corrected chi connectivity index (χ1v) is 8.91. The molecule has 28 heavy (non-hydrogen) atoms. The molecule has 4 rings (SSSR count). The summed E-state index contributed by atoms with van der Waals surface area (Å²) >= 11 is 0. The highest BCUT2D eigenvalue weighted by Crippen LogP contribution is 2.25. The van der Waals surface area contributed by atoms with E-state index in [-0.39, 0.29) is 6.61 Å². The number of aryl methyl sites for hydroxylation is 1. The van der Waals surface area contributed by atoms with Crippen LogP contribution >= 0.6 is 0 Å². The maximum Gasteiger partial charge on any atom is 0.154 e. The number of aromatic nitrogens is 6. The van der Waals surface area contributed by atoms with Crippen molar-refractivity contribution in [3.63, 3.8) is 0 Å². The molecule has 2 N–H and O–H groups in total. The lowest BCUT2D eigenvalue weighted by Crippen LogP contribution is -2.22. The van der Waals surface area contributed by atoms with Crippen LogP contribution < -0.4 is 5.32 Å². The van der Waals surface area contributed by atoms with Crippen molar-refractivity contribution in [3.8, 4) is 11.1 Å². The van der Waals surface area contributed by atoms with E-state index in [0.717, 1.165) is 27.7 Å². The summed E-state index contributed by atoms with van der Waals surface area (Å²) in [4.78, 5) is 9.15. The van der Waals surface area contributed by atoms with E-state index in [9.17, 15) is 5.11 Å². The Hall–Kier alpha value is -3.39. The van der Waals surface area contributed by atoms with Crippen LogP contribution in [-0.4, -0.2) is 41.7 Å². The van der Waals surface area contributed by atoms with Crippen molar-refractivity contribution in [2.75, 3.05) is 11.9 Å². The number of aliphatic hydroxyl groups is 1. The number of anilines is 2. The van der Waals surface area contributed by atoms with E-state index >= 15 is 0 Å². The number of fused-ring (bicyclic) bond motifs is 1. The van der Waals surface area contributed by atoms with Gasteiger partial charge in [-0.15, -0.1) is 5.10 Å². The zero-order valence-electron chi connectivity index (χ0n) is 16.0. The number of pyridine rings is 2. The number of hydrogen-bond acceptors (Lipinski definition) is 7. The molecular weight excluding hydrogens is 354 g/mol. The van der Waals surface area contributed by atoms with Gasteiger partial charge < -0.3 is 10.4 Å². The minimum absolute atomic E-state index is 0.0230. The average Bonchev–Trinajstić information content (AvgIpc) is 3.14. The normalized spacial score (nSPS) is 11.7. The van der Waals surface area contributed by atoms with Crippen molar-refractivity contribution < 1.29 is 5.11 Å². The largest absolute Gasteiger partial charge is 0.395 e. The van der Waals surface area contributed by atoms with E-state index in [1.165, 1.54) is 0 Å². The third-order valence-corrected chi connectivity index (χ3v) is 4.66. The van der Waals surface area contributed by atoms with Crippen molar-refractivity contribution in [2.24, 2.45) is 7.05 Å². The van der Waals surface area contributed by atoms with Crippen molar-refractivity contribution >= 4 is 22.7 Å². The number of nitrogens with one attached hydrogen (secondary N) is 1. The number of nitrogens with zero attached hydrogens (tertiary/aromatic N) is 6. The molecule has 8 nitrogen and oxygen atoms in total. The molecule has 0 aliphatic carbocycles. The minimum atomic E-state index is -0.397. The van der Waals surface area contributed by atoms with E-state index in [4.69, 9.17) is 0 Å². The molecule has 0 fully saturated rings. The van der Waals surface area contributed by atoms with E-state index < -0.39 is 5.41 Å². The molecule has 4 aromatic heterocycles. The van der Waals surface area contributed by atoms with Crippen molar-refractivity contribution in [1.29, 1.82) is 0 Å². The van der Waals surface area contributed by atoms with Gasteiger partial charge >= 0.3 is 0 Å². The molecule has 0 saturated heterocycles. The Morgan fingerprint density at radius 1 is 1.04 bits per heavy atom. The van der Waals surface area contributed by atoms with Gasteiger partial charge in [0, 0.05) is 36.0 Å². The van der Waals surface area contributed by atoms with Gasteiger partial charge in [-0.05, 0) is 29.8 Å². The lowest BCUT2D eigenvalue weighted by atomic mass is 9.87. The Morgan fingerprint density at radius 3 is 2.64 bits per heavy atom. The number of rotatable bonds is 5. The van der Waals surface area contributed by atoms with Crippen molar-refractivity contribution in [1.82, 2.24) is 29.9 Å². The molecule has 4 heterocycles. The summed E-state index contributed by atoms with van der Waals surface area (Å²) in [7, 11) is 1.88. The summed E-state index contributed by atoms with van der Waals surface area (Å²) in [5.74, 6) is 1.22. The van der Waals surface area contributed by atoms with Gasteiger partial charge in [-0.1, -0.05) is 13.8 Å². The van der Waals surface area contributed by atoms with E-state index in [1.807, 2.05) is 57.6 Å². The van der Waals surface area contributed by atoms with Crippen molar-refractivity contribution in [3.05, 3.63) is 54.6 Å². The quantitative estimate of drug-likeness (QED) is 0.553. The first-order valence-electron chi connectivity index (χ1n) is 8.91. The lowest BCUT2D eigenvalue weighted by molar-refractivity contribution is 0.218. The summed E-state index contributed by atoms with van der Waals surface area (Å²) in [6, 6.07) is 7.62. The first kappa shape index (κ1) is 18.0.